The number of nitrogens with two attached hydrogens (primary N) is 1. The van der Waals surface area contributed by atoms with Crippen LogP contribution in [0.25, 0.3) is 22.5 Å². The molecule has 0 fully saturated rings. The predicted molar refractivity (Wildman–Crippen MR) is 80.9 cm³/mol. The van der Waals surface area contributed by atoms with E-state index < -0.39 is 10.0 Å². The molecule has 2 aromatic carbocycles. The Morgan fingerprint density at radius 3 is 2.05 bits per heavy atom. The molecular weight excluding hydrogens is 305 g/mol. The first-order valence-corrected chi connectivity index (χ1v) is 7.96. The minimum absolute atomic E-state index is 0.0445. The van der Waals surface area contributed by atoms with Crippen LogP contribution in [0.5, 0.6) is 0 Å². The largest absolute Gasteiger partial charge is 0.464 e. The average molecular weight is 317 g/mol. The normalized spacial score (nSPS) is 11.5. The molecule has 0 saturated carbocycles. The highest BCUT2D eigenvalue weighted by Crippen LogP contribution is 2.33. The molecule has 0 saturated heterocycles. The highest BCUT2D eigenvalue weighted by atomic mass is 32.2. The zero-order chi connectivity index (χ0) is 15.7. The minimum Gasteiger partial charge on any atom is -0.464 e. The van der Waals surface area contributed by atoms with Gasteiger partial charge in [-0.3, -0.25) is 0 Å². The van der Waals surface area contributed by atoms with Gasteiger partial charge >= 0.3 is 0 Å². The number of sulfonamides is 1. The fourth-order valence-electron chi connectivity index (χ4n) is 2.19. The highest BCUT2D eigenvalue weighted by Gasteiger charge is 2.13. The molecule has 4 nitrogen and oxygen atoms in total. The van der Waals surface area contributed by atoms with E-state index in [1.807, 2.05) is 0 Å². The molecule has 0 unspecified atom stereocenters. The summed E-state index contributed by atoms with van der Waals surface area (Å²) in [5.41, 5.74) is 2.30. The Balaban J connectivity index is 2.03. The van der Waals surface area contributed by atoms with Gasteiger partial charge in [0.05, 0.1) is 11.2 Å². The maximum Gasteiger partial charge on any atom is 0.238 e. The first-order valence-electron chi connectivity index (χ1n) is 6.42. The van der Waals surface area contributed by atoms with Gasteiger partial charge in [-0.1, -0.05) is 12.1 Å². The molecule has 22 heavy (non-hydrogen) atoms. The number of halogens is 1. The van der Waals surface area contributed by atoms with Crippen LogP contribution in [-0.4, -0.2) is 8.42 Å². The van der Waals surface area contributed by atoms with Gasteiger partial charge < -0.3 is 4.42 Å². The molecule has 0 aliphatic heterocycles. The van der Waals surface area contributed by atoms with Gasteiger partial charge in [-0.15, -0.1) is 0 Å². The average Bonchev–Trinajstić information content (AvgIpc) is 2.97. The second-order valence-electron chi connectivity index (χ2n) is 4.74. The first-order chi connectivity index (χ1) is 10.4. The molecule has 0 spiro atoms. The maximum absolute atomic E-state index is 13.0. The Morgan fingerprint density at radius 2 is 1.45 bits per heavy atom. The number of hydrogen-bond acceptors (Lipinski definition) is 3. The molecule has 0 aliphatic carbocycles. The molecule has 0 radical (unpaired) electrons. The van der Waals surface area contributed by atoms with Crippen LogP contribution in [0.2, 0.25) is 0 Å². The van der Waals surface area contributed by atoms with Crippen molar-refractivity contribution < 1.29 is 17.2 Å². The van der Waals surface area contributed by atoms with E-state index in [0.717, 1.165) is 16.7 Å². The van der Waals surface area contributed by atoms with Gasteiger partial charge in [-0.2, -0.15) is 0 Å². The lowest BCUT2D eigenvalue weighted by Gasteiger charge is -2.04. The maximum atomic E-state index is 13.0. The third kappa shape index (κ3) is 2.79. The van der Waals surface area contributed by atoms with E-state index >= 15 is 0 Å². The van der Waals surface area contributed by atoms with Crippen LogP contribution in [-0.2, 0) is 10.0 Å². The summed E-state index contributed by atoms with van der Waals surface area (Å²) in [6, 6.07) is 13.9. The van der Waals surface area contributed by atoms with Crippen LogP contribution >= 0.6 is 0 Å². The topological polar surface area (TPSA) is 73.3 Å². The van der Waals surface area contributed by atoms with E-state index in [9.17, 15) is 12.8 Å². The monoisotopic (exact) mass is 317 g/mol. The van der Waals surface area contributed by atoms with Gasteiger partial charge in [0.1, 0.15) is 11.6 Å². The SMILES string of the molecule is NS(=O)(=O)c1ccc(-c2ccoc2-c2ccc(F)cc2)cc1. The van der Waals surface area contributed by atoms with Gasteiger partial charge in [0.15, 0.2) is 0 Å². The van der Waals surface area contributed by atoms with Crippen molar-refractivity contribution >= 4 is 10.0 Å². The lowest BCUT2D eigenvalue weighted by atomic mass is 10.0. The fraction of sp³-hybridized carbons (Fsp3) is 0. The van der Waals surface area contributed by atoms with E-state index in [1.54, 1.807) is 30.3 Å². The van der Waals surface area contributed by atoms with Crippen molar-refractivity contribution in [1.29, 1.82) is 0 Å². The Morgan fingerprint density at radius 1 is 0.864 bits per heavy atom. The third-order valence-electron chi connectivity index (χ3n) is 3.27. The quantitative estimate of drug-likeness (QED) is 0.804. The second-order valence-corrected chi connectivity index (χ2v) is 6.30. The number of rotatable bonds is 3. The molecule has 1 aromatic heterocycles. The van der Waals surface area contributed by atoms with Crippen LogP contribution in [0.15, 0.2) is 70.2 Å². The van der Waals surface area contributed by atoms with Crippen LogP contribution in [0.3, 0.4) is 0 Å². The smallest absolute Gasteiger partial charge is 0.238 e. The summed E-state index contributed by atoms with van der Waals surface area (Å²) in [5, 5.41) is 5.08. The van der Waals surface area contributed by atoms with E-state index in [1.165, 1.54) is 30.5 Å². The molecule has 0 aliphatic rings. The number of benzene rings is 2. The zero-order valence-corrected chi connectivity index (χ0v) is 12.2. The Bertz CT molecular complexity index is 897. The molecule has 112 valence electrons. The summed E-state index contributed by atoms with van der Waals surface area (Å²) in [6.45, 7) is 0. The van der Waals surface area contributed by atoms with Crippen molar-refractivity contribution in [3.63, 3.8) is 0 Å². The number of hydrogen-bond donors (Lipinski definition) is 1. The molecule has 6 heteroatoms. The van der Waals surface area contributed by atoms with Crippen LogP contribution < -0.4 is 5.14 Å². The summed E-state index contributed by atoms with van der Waals surface area (Å²) >= 11 is 0. The lowest BCUT2D eigenvalue weighted by molar-refractivity contribution is 0.582. The lowest BCUT2D eigenvalue weighted by Crippen LogP contribution is -2.11. The van der Waals surface area contributed by atoms with Crippen LogP contribution in [0.4, 0.5) is 4.39 Å². The molecule has 3 rings (SSSR count). The fourth-order valence-corrected chi connectivity index (χ4v) is 2.70. The highest BCUT2D eigenvalue weighted by molar-refractivity contribution is 7.89. The van der Waals surface area contributed by atoms with E-state index in [0.29, 0.717) is 5.76 Å². The molecule has 3 aromatic rings. The van der Waals surface area contributed by atoms with Crippen molar-refractivity contribution in [3.05, 3.63) is 66.7 Å². The molecular formula is C16H12FNO3S. The summed E-state index contributed by atoms with van der Waals surface area (Å²) in [4.78, 5) is 0.0445. The standard InChI is InChI=1S/C16H12FNO3S/c17-13-5-1-12(2-6-13)16-15(9-10-21-16)11-3-7-14(8-4-11)22(18,19)20/h1-10H,(H2,18,19,20). The molecule has 0 amide bonds. The van der Waals surface area contributed by atoms with E-state index in [4.69, 9.17) is 9.56 Å². The zero-order valence-electron chi connectivity index (χ0n) is 11.4. The Hall–Kier alpha value is -2.44. The van der Waals surface area contributed by atoms with Crippen LogP contribution in [0, 0.1) is 5.82 Å². The number of furan rings is 1. The Labute approximate surface area is 127 Å². The van der Waals surface area contributed by atoms with Gasteiger partial charge in [-0.25, -0.2) is 17.9 Å². The second kappa shape index (κ2) is 5.40. The van der Waals surface area contributed by atoms with Gasteiger partial charge in [-0.05, 0) is 48.0 Å². The predicted octanol–water partition coefficient (Wildman–Crippen LogP) is 3.40. The molecule has 1 heterocycles. The Kier molecular flexibility index (Phi) is 3.56. The van der Waals surface area contributed by atoms with E-state index in [-0.39, 0.29) is 10.7 Å². The van der Waals surface area contributed by atoms with Crippen molar-refractivity contribution in [2.24, 2.45) is 5.14 Å². The van der Waals surface area contributed by atoms with Crippen molar-refractivity contribution in [2.75, 3.05) is 0 Å². The van der Waals surface area contributed by atoms with Crippen molar-refractivity contribution in [3.8, 4) is 22.5 Å². The minimum atomic E-state index is -3.72. The first kappa shape index (κ1) is 14.5. The summed E-state index contributed by atoms with van der Waals surface area (Å²) in [5.74, 6) is 0.262. The summed E-state index contributed by atoms with van der Waals surface area (Å²) in [7, 11) is -3.72. The van der Waals surface area contributed by atoms with Crippen LogP contribution in [0.1, 0.15) is 0 Å². The number of primary sulfonamides is 1. The third-order valence-corrected chi connectivity index (χ3v) is 4.19. The van der Waals surface area contributed by atoms with Gasteiger partial charge in [0.2, 0.25) is 10.0 Å². The summed E-state index contributed by atoms with van der Waals surface area (Å²) < 4.78 is 41.0. The van der Waals surface area contributed by atoms with Crippen molar-refractivity contribution in [2.45, 2.75) is 4.90 Å². The molecule has 2 N–H and O–H groups in total. The van der Waals surface area contributed by atoms with E-state index in [2.05, 4.69) is 0 Å². The van der Waals surface area contributed by atoms with Gasteiger partial charge in [0.25, 0.3) is 0 Å². The van der Waals surface area contributed by atoms with Crippen molar-refractivity contribution in [1.82, 2.24) is 0 Å². The van der Waals surface area contributed by atoms with Gasteiger partial charge in [0, 0.05) is 11.1 Å². The molecule has 0 atom stereocenters. The summed E-state index contributed by atoms with van der Waals surface area (Å²) in [6.07, 6.45) is 1.53. The molecule has 0 bridgehead atoms.